The number of nitrogens with one attached hydrogen (secondary N) is 1. The highest BCUT2D eigenvalue weighted by Crippen LogP contribution is 2.29. The van der Waals surface area contributed by atoms with Crippen molar-refractivity contribution < 1.29 is 19.1 Å². The van der Waals surface area contributed by atoms with Crippen LogP contribution in [0.25, 0.3) is 17.4 Å². The van der Waals surface area contributed by atoms with E-state index in [0.29, 0.717) is 29.2 Å². The van der Waals surface area contributed by atoms with Crippen LogP contribution in [0.5, 0.6) is 5.75 Å². The van der Waals surface area contributed by atoms with Gasteiger partial charge in [0.1, 0.15) is 17.3 Å². The van der Waals surface area contributed by atoms with E-state index in [1.807, 2.05) is 13.0 Å². The van der Waals surface area contributed by atoms with Crippen molar-refractivity contribution in [2.75, 3.05) is 0 Å². The zero-order valence-corrected chi connectivity index (χ0v) is 16.3. The molecule has 0 spiro atoms. The van der Waals surface area contributed by atoms with Crippen LogP contribution in [0, 0.1) is 0 Å². The summed E-state index contributed by atoms with van der Waals surface area (Å²) < 4.78 is 5.83. The molecule has 1 amide bonds. The molecule has 1 saturated carbocycles. The minimum Gasteiger partial charge on any atom is -0.507 e. The lowest BCUT2D eigenvalue weighted by Crippen LogP contribution is -2.21. The van der Waals surface area contributed by atoms with E-state index in [1.165, 1.54) is 12.1 Å². The molecular formula is C24H23NO4. The predicted molar refractivity (Wildman–Crippen MR) is 113 cm³/mol. The Hall–Kier alpha value is -3.60. The SMILES string of the molecule is C=C/C(=C\C=C/C)NC(=O)c1cc(-c2ccc(/C=C3\CCCC3=O)o2)ccc1O. The van der Waals surface area contributed by atoms with Crippen molar-refractivity contribution in [1.29, 1.82) is 0 Å². The molecule has 2 aromatic rings. The number of amides is 1. The van der Waals surface area contributed by atoms with E-state index >= 15 is 0 Å². The summed E-state index contributed by atoms with van der Waals surface area (Å²) in [6.45, 7) is 5.54. The molecule has 148 valence electrons. The van der Waals surface area contributed by atoms with Gasteiger partial charge in [-0.15, -0.1) is 0 Å². The monoisotopic (exact) mass is 389 g/mol. The first-order valence-corrected chi connectivity index (χ1v) is 9.45. The second-order valence-corrected chi connectivity index (χ2v) is 6.69. The van der Waals surface area contributed by atoms with Crippen LogP contribution in [0.4, 0.5) is 0 Å². The molecule has 5 heteroatoms. The van der Waals surface area contributed by atoms with Gasteiger partial charge in [0.05, 0.1) is 5.56 Å². The first-order chi connectivity index (χ1) is 14.0. The fourth-order valence-corrected chi connectivity index (χ4v) is 3.08. The highest BCUT2D eigenvalue weighted by Gasteiger charge is 2.18. The zero-order valence-electron chi connectivity index (χ0n) is 16.3. The smallest absolute Gasteiger partial charge is 0.259 e. The molecule has 0 bridgehead atoms. The van der Waals surface area contributed by atoms with Gasteiger partial charge in [-0.2, -0.15) is 0 Å². The Labute approximate surface area is 169 Å². The number of hydrogen-bond donors (Lipinski definition) is 2. The Balaban J connectivity index is 1.85. The summed E-state index contributed by atoms with van der Waals surface area (Å²) in [6.07, 6.45) is 10.9. The molecule has 3 rings (SSSR count). The summed E-state index contributed by atoms with van der Waals surface area (Å²) in [5.41, 5.74) is 2.07. The first-order valence-electron chi connectivity index (χ1n) is 9.45. The minimum absolute atomic E-state index is 0.123. The third-order valence-electron chi connectivity index (χ3n) is 4.62. The quantitative estimate of drug-likeness (QED) is 0.528. The molecule has 0 aliphatic heterocycles. The number of allylic oxidation sites excluding steroid dienone is 5. The van der Waals surface area contributed by atoms with E-state index in [2.05, 4.69) is 11.9 Å². The van der Waals surface area contributed by atoms with Gasteiger partial charge in [0, 0.05) is 17.7 Å². The van der Waals surface area contributed by atoms with Crippen molar-refractivity contribution in [3.8, 4) is 17.1 Å². The van der Waals surface area contributed by atoms with E-state index in [0.717, 1.165) is 18.4 Å². The molecule has 1 fully saturated rings. The maximum absolute atomic E-state index is 12.6. The Bertz CT molecular complexity index is 1040. The van der Waals surface area contributed by atoms with E-state index in [9.17, 15) is 14.7 Å². The lowest BCUT2D eigenvalue weighted by Gasteiger charge is -2.08. The standard InChI is InChI=1S/C24H23NO4/c1-3-5-8-18(4-2)25-24(28)20-15-17(10-12-22(20)27)23-13-11-19(29-23)14-16-7-6-9-21(16)26/h3-5,8,10-15,27H,2,6-7,9H2,1H3,(H,25,28)/b5-3-,16-14+,18-8+. The number of carbonyl (C=O) groups excluding carboxylic acids is 2. The van der Waals surface area contributed by atoms with Crippen LogP contribution in [-0.2, 0) is 4.79 Å². The lowest BCUT2D eigenvalue weighted by molar-refractivity contribution is -0.114. The third kappa shape index (κ3) is 4.82. The average Bonchev–Trinajstić information content (AvgIpc) is 3.35. The second kappa shape index (κ2) is 9.06. The molecule has 0 saturated heterocycles. The van der Waals surface area contributed by atoms with Gasteiger partial charge in [-0.25, -0.2) is 0 Å². The molecule has 1 aromatic carbocycles. The number of furan rings is 1. The Kier molecular flexibility index (Phi) is 6.29. The number of phenols is 1. The van der Waals surface area contributed by atoms with Gasteiger partial charge >= 0.3 is 0 Å². The average molecular weight is 389 g/mol. The number of hydrogen-bond acceptors (Lipinski definition) is 4. The number of rotatable bonds is 6. The van der Waals surface area contributed by atoms with Crippen LogP contribution >= 0.6 is 0 Å². The maximum Gasteiger partial charge on any atom is 0.259 e. The molecule has 1 aliphatic rings. The Morgan fingerprint density at radius 2 is 2.07 bits per heavy atom. The summed E-state index contributed by atoms with van der Waals surface area (Å²) >= 11 is 0. The van der Waals surface area contributed by atoms with Crippen LogP contribution in [-0.4, -0.2) is 16.8 Å². The summed E-state index contributed by atoms with van der Waals surface area (Å²) in [5.74, 6) is 0.712. The third-order valence-corrected chi connectivity index (χ3v) is 4.62. The topological polar surface area (TPSA) is 79.5 Å². The van der Waals surface area contributed by atoms with Crippen LogP contribution in [0.3, 0.4) is 0 Å². The molecule has 2 N–H and O–H groups in total. The molecule has 0 atom stereocenters. The van der Waals surface area contributed by atoms with Gasteiger partial charge in [0.2, 0.25) is 0 Å². The summed E-state index contributed by atoms with van der Waals surface area (Å²) in [7, 11) is 0. The van der Waals surface area contributed by atoms with E-state index in [-0.39, 0.29) is 17.1 Å². The fourth-order valence-electron chi connectivity index (χ4n) is 3.08. The number of carbonyl (C=O) groups is 2. The van der Waals surface area contributed by atoms with Crippen molar-refractivity contribution in [3.63, 3.8) is 0 Å². The summed E-state index contributed by atoms with van der Waals surface area (Å²) in [4.78, 5) is 24.4. The minimum atomic E-state index is -0.453. The number of benzene rings is 1. The van der Waals surface area contributed by atoms with Gasteiger partial charge in [-0.3, -0.25) is 9.59 Å². The van der Waals surface area contributed by atoms with E-state index in [1.54, 1.807) is 42.5 Å². The van der Waals surface area contributed by atoms with Gasteiger partial charge in [0.15, 0.2) is 5.78 Å². The highest BCUT2D eigenvalue weighted by molar-refractivity contribution is 6.01. The Morgan fingerprint density at radius 1 is 1.24 bits per heavy atom. The summed E-state index contributed by atoms with van der Waals surface area (Å²) in [6, 6.07) is 8.26. The van der Waals surface area contributed by atoms with Gasteiger partial charge in [0.25, 0.3) is 5.91 Å². The normalized spacial score (nSPS) is 16.0. The van der Waals surface area contributed by atoms with Crippen molar-refractivity contribution in [3.05, 3.63) is 83.8 Å². The molecular weight excluding hydrogens is 366 g/mol. The van der Waals surface area contributed by atoms with E-state index < -0.39 is 5.91 Å². The fraction of sp³-hybridized carbons (Fsp3) is 0.167. The zero-order chi connectivity index (χ0) is 20.8. The lowest BCUT2D eigenvalue weighted by atomic mass is 10.1. The molecule has 5 nitrogen and oxygen atoms in total. The number of Topliss-reactive ketones (excluding diaryl/α,β-unsaturated/α-hetero) is 1. The van der Waals surface area contributed by atoms with Crippen LogP contribution in [0.15, 0.2) is 76.9 Å². The number of aromatic hydroxyl groups is 1. The maximum atomic E-state index is 12.6. The second-order valence-electron chi connectivity index (χ2n) is 6.69. The summed E-state index contributed by atoms with van der Waals surface area (Å²) in [5, 5.41) is 12.9. The van der Waals surface area contributed by atoms with Crippen molar-refractivity contribution in [1.82, 2.24) is 5.32 Å². The molecule has 29 heavy (non-hydrogen) atoms. The number of ketones is 1. The van der Waals surface area contributed by atoms with Crippen molar-refractivity contribution >= 4 is 17.8 Å². The predicted octanol–water partition coefficient (Wildman–Crippen LogP) is 5.16. The van der Waals surface area contributed by atoms with Crippen LogP contribution in [0.2, 0.25) is 0 Å². The molecule has 0 radical (unpaired) electrons. The van der Waals surface area contributed by atoms with Crippen LogP contribution < -0.4 is 5.32 Å². The van der Waals surface area contributed by atoms with Gasteiger partial charge < -0.3 is 14.8 Å². The Morgan fingerprint density at radius 3 is 2.76 bits per heavy atom. The van der Waals surface area contributed by atoms with Crippen molar-refractivity contribution in [2.45, 2.75) is 26.2 Å². The first kappa shape index (κ1) is 20.1. The molecule has 1 heterocycles. The molecule has 0 unspecified atom stereocenters. The van der Waals surface area contributed by atoms with Gasteiger partial charge in [-0.1, -0.05) is 18.7 Å². The largest absolute Gasteiger partial charge is 0.507 e. The van der Waals surface area contributed by atoms with E-state index in [4.69, 9.17) is 4.42 Å². The van der Waals surface area contributed by atoms with Crippen molar-refractivity contribution in [2.24, 2.45) is 0 Å². The number of phenolic OH excluding ortho intramolecular Hbond substituents is 1. The van der Waals surface area contributed by atoms with Gasteiger partial charge in [-0.05, 0) is 73.9 Å². The van der Waals surface area contributed by atoms with Crippen LogP contribution in [0.1, 0.15) is 42.3 Å². The molecule has 1 aromatic heterocycles. The highest BCUT2D eigenvalue weighted by atomic mass is 16.3. The molecule has 1 aliphatic carbocycles.